The van der Waals surface area contributed by atoms with E-state index in [9.17, 15) is 4.79 Å². The molecule has 0 fully saturated rings. The average molecular weight is 416 g/mol. The van der Waals surface area contributed by atoms with Gasteiger partial charge in [-0.1, -0.05) is 78.5 Å². The van der Waals surface area contributed by atoms with Crippen LogP contribution < -0.4 is 5.32 Å². The number of thioether (sulfide) groups is 1. The van der Waals surface area contributed by atoms with Crippen LogP contribution >= 0.6 is 11.8 Å². The summed E-state index contributed by atoms with van der Waals surface area (Å²) in [6, 6.07) is 23.8. The van der Waals surface area contributed by atoms with Crippen molar-refractivity contribution in [3.8, 4) is 16.8 Å². The van der Waals surface area contributed by atoms with Crippen LogP contribution in [-0.2, 0) is 4.79 Å². The van der Waals surface area contributed by atoms with Crippen molar-refractivity contribution in [2.75, 3.05) is 11.1 Å². The fraction of sp³-hybridized carbons (Fsp3) is 0.130. The van der Waals surface area contributed by atoms with Gasteiger partial charge in [-0.15, -0.1) is 5.10 Å². The van der Waals surface area contributed by atoms with Gasteiger partial charge in [-0.2, -0.15) is 4.68 Å². The van der Waals surface area contributed by atoms with E-state index in [1.807, 2.05) is 86.6 Å². The Morgan fingerprint density at radius 1 is 0.933 bits per heavy atom. The molecule has 0 saturated carbocycles. The van der Waals surface area contributed by atoms with Crippen LogP contribution in [-0.4, -0.2) is 31.9 Å². The highest BCUT2D eigenvalue weighted by Crippen LogP contribution is 2.28. The van der Waals surface area contributed by atoms with Crippen LogP contribution in [0.5, 0.6) is 0 Å². The molecule has 0 saturated heterocycles. The molecule has 0 atom stereocenters. The molecule has 0 aliphatic carbocycles. The van der Waals surface area contributed by atoms with Crippen molar-refractivity contribution in [1.82, 2.24) is 20.2 Å². The quantitative estimate of drug-likeness (QED) is 0.463. The van der Waals surface area contributed by atoms with E-state index in [0.29, 0.717) is 5.16 Å². The minimum Gasteiger partial charge on any atom is -0.325 e. The van der Waals surface area contributed by atoms with E-state index in [4.69, 9.17) is 0 Å². The van der Waals surface area contributed by atoms with Gasteiger partial charge in [-0.05, 0) is 47.0 Å². The van der Waals surface area contributed by atoms with Gasteiger partial charge in [0.1, 0.15) is 0 Å². The predicted molar refractivity (Wildman–Crippen MR) is 120 cm³/mol. The third-order valence-corrected chi connectivity index (χ3v) is 5.63. The SMILES string of the molecule is Cc1cccc(C)c1-n1nnnc1SCC(=O)Nc1ccccc1-c1ccccc1. The largest absolute Gasteiger partial charge is 0.325 e. The zero-order valence-electron chi connectivity index (χ0n) is 16.7. The summed E-state index contributed by atoms with van der Waals surface area (Å²) >= 11 is 1.31. The molecule has 1 N–H and O–H groups in total. The van der Waals surface area contributed by atoms with Crippen molar-refractivity contribution in [2.24, 2.45) is 0 Å². The van der Waals surface area contributed by atoms with Gasteiger partial charge in [0.15, 0.2) is 0 Å². The molecule has 1 amide bonds. The molecule has 150 valence electrons. The lowest BCUT2D eigenvalue weighted by molar-refractivity contribution is -0.113. The Morgan fingerprint density at radius 2 is 1.63 bits per heavy atom. The second kappa shape index (κ2) is 8.92. The summed E-state index contributed by atoms with van der Waals surface area (Å²) in [5.41, 5.74) is 5.91. The number of aryl methyl sites for hydroxylation is 2. The normalized spacial score (nSPS) is 10.7. The molecule has 6 nitrogen and oxygen atoms in total. The Labute approximate surface area is 179 Å². The zero-order chi connectivity index (χ0) is 20.9. The van der Waals surface area contributed by atoms with Gasteiger partial charge in [-0.3, -0.25) is 4.79 Å². The number of hydrogen-bond acceptors (Lipinski definition) is 5. The molecule has 30 heavy (non-hydrogen) atoms. The van der Waals surface area contributed by atoms with E-state index >= 15 is 0 Å². The first-order chi connectivity index (χ1) is 14.6. The third kappa shape index (κ3) is 4.26. The van der Waals surface area contributed by atoms with E-state index in [0.717, 1.165) is 33.6 Å². The summed E-state index contributed by atoms with van der Waals surface area (Å²) in [6.07, 6.45) is 0. The fourth-order valence-electron chi connectivity index (χ4n) is 3.33. The zero-order valence-corrected chi connectivity index (χ0v) is 17.6. The van der Waals surface area contributed by atoms with Gasteiger partial charge in [0.25, 0.3) is 0 Å². The number of carbonyl (C=O) groups is 1. The number of tetrazole rings is 1. The first-order valence-electron chi connectivity index (χ1n) is 9.55. The molecule has 4 rings (SSSR count). The first kappa shape index (κ1) is 19.8. The standard InChI is InChI=1S/C23H21N5OS/c1-16-9-8-10-17(2)22(16)28-23(25-26-27-28)30-15-21(29)24-20-14-7-6-13-19(20)18-11-4-3-5-12-18/h3-14H,15H2,1-2H3,(H,24,29). The predicted octanol–water partition coefficient (Wildman–Crippen LogP) is 4.68. The van der Waals surface area contributed by atoms with Crippen molar-refractivity contribution < 1.29 is 4.79 Å². The van der Waals surface area contributed by atoms with Gasteiger partial charge in [0.05, 0.1) is 11.4 Å². The number of para-hydroxylation sites is 2. The van der Waals surface area contributed by atoms with Crippen LogP contribution in [0, 0.1) is 13.8 Å². The summed E-state index contributed by atoms with van der Waals surface area (Å²) in [4.78, 5) is 12.7. The second-order valence-corrected chi connectivity index (χ2v) is 7.80. The molecule has 7 heteroatoms. The number of anilines is 1. The third-order valence-electron chi connectivity index (χ3n) is 4.71. The number of carbonyl (C=O) groups excluding carboxylic acids is 1. The number of nitrogens with one attached hydrogen (secondary N) is 1. The Balaban J connectivity index is 1.49. The van der Waals surface area contributed by atoms with Gasteiger partial charge >= 0.3 is 0 Å². The lowest BCUT2D eigenvalue weighted by Gasteiger charge is -2.12. The average Bonchev–Trinajstić information content (AvgIpc) is 3.21. The van der Waals surface area contributed by atoms with E-state index < -0.39 is 0 Å². The Hall–Kier alpha value is -3.45. The summed E-state index contributed by atoms with van der Waals surface area (Å²) in [5, 5.41) is 15.6. The van der Waals surface area contributed by atoms with E-state index in [-0.39, 0.29) is 11.7 Å². The van der Waals surface area contributed by atoms with Crippen LogP contribution in [0.4, 0.5) is 5.69 Å². The molecule has 0 bridgehead atoms. The molecule has 4 aromatic rings. The number of nitrogens with zero attached hydrogens (tertiary/aromatic N) is 4. The number of rotatable bonds is 6. The number of benzene rings is 3. The molecular formula is C23H21N5OS. The van der Waals surface area contributed by atoms with Crippen LogP contribution in [0.2, 0.25) is 0 Å². The fourth-order valence-corrected chi connectivity index (χ4v) is 4.00. The molecule has 1 heterocycles. The van der Waals surface area contributed by atoms with Crippen molar-refractivity contribution in [3.63, 3.8) is 0 Å². The Bertz CT molecular complexity index is 1150. The first-order valence-corrected chi connectivity index (χ1v) is 10.5. The monoisotopic (exact) mass is 415 g/mol. The molecule has 0 aliphatic heterocycles. The summed E-state index contributed by atoms with van der Waals surface area (Å²) < 4.78 is 1.69. The Kier molecular flexibility index (Phi) is 5.90. The van der Waals surface area contributed by atoms with Crippen molar-refractivity contribution in [1.29, 1.82) is 0 Å². The molecule has 0 unspecified atom stereocenters. The van der Waals surface area contributed by atoms with Crippen molar-refractivity contribution >= 4 is 23.4 Å². The highest BCUT2D eigenvalue weighted by atomic mass is 32.2. The molecular weight excluding hydrogens is 394 g/mol. The summed E-state index contributed by atoms with van der Waals surface area (Å²) in [5.74, 6) is 0.0912. The molecule has 3 aromatic carbocycles. The maximum Gasteiger partial charge on any atom is 0.234 e. The van der Waals surface area contributed by atoms with Gasteiger partial charge in [0, 0.05) is 11.3 Å². The highest BCUT2D eigenvalue weighted by molar-refractivity contribution is 7.99. The maximum absolute atomic E-state index is 12.7. The van der Waals surface area contributed by atoms with Crippen LogP contribution in [0.1, 0.15) is 11.1 Å². The van der Waals surface area contributed by atoms with E-state index in [1.54, 1.807) is 4.68 Å². The van der Waals surface area contributed by atoms with E-state index in [2.05, 4.69) is 20.8 Å². The second-order valence-electron chi connectivity index (χ2n) is 6.86. The van der Waals surface area contributed by atoms with Gasteiger partial charge < -0.3 is 5.32 Å². The molecule has 1 aromatic heterocycles. The number of aromatic nitrogens is 4. The van der Waals surface area contributed by atoms with Crippen LogP contribution in [0.25, 0.3) is 16.8 Å². The van der Waals surface area contributed by atoms with Crippen molar-refractivity contribution in [2.45, 2.75) is 19.0 Å². The molecule has 0 spiro atoms. The lowest BCUT2D eigenvalue weighted by atomic mass is 10.0. The maximum atomic E-state index is 12.7. The van der Waals surface area contributed by atoms with Gasteiger partial charge in [-0.25, -0.2) is 0 Å². The summed E-state index contributed by atoms with van der Waals surface area (Å²) in [7, 11) is 0. The topological polar surface area (TPSA) is 72.7 Å². The summed E-state index contributed by atoms with van der Waals surface area (Å²) in [6.45, 7) is 4.04. The van der Waals surface area contributed by atoms with Crippen LogP contribution in [0.15, 0.2) is 78.0 Å². The smallest absolute Gasteiger partial charge is 0.234 e. The lowest BCUT2D eigenvalue weighted by Crippen LogP contribution is -2.15. The van der Waals surface area contributed by atoms with E-state index in [1.165, 1.54) is 11.8 Å². The van der Waals surface area contributed by atoms with Crippen LogP contribution in [0.3, 0.4) is 0 Å². The minimum absolute atomic E-state index is 0.112. The molecule has 0 radical (unpaired) electrons. The molecule has 0 aliphatic rings. The van der Waals surface area contributed by atoms with Crippen molar-refractivity contribution in [3.05, 3.63) is 83.9 Å². The minimum atomic E-state index is -0.112. The number of hydrogen-bond donors (Lipinski definition) is 1. The highest BCUT2D eigenvalue weighted by Gasteiger charge is 2.15. The Morgan fingerprint density at radius 3 is 2.40 bits per heavy atom. The van der Waals surface area contributed by atoms with Gasteiger partial charge in [0.2, 0.25) is 11.1 Å². The number of amides is 1.